The Hall–Kier alpha value is -3.87. The number of para-hydroxylation sites is 1. The number of allylic oxidation sites excluding steroid dienone is 6. The van der Waals surface area contributed by atoms with Gasteiger partial charge in [0, 0.05) is 22.6 Å². The first kappa shape index (κ1) is 25.8. The number of hydrogen-bond donors (Lipinski definition) is 0. The monoisotopic (exact) mass is 534 g/mol. The number of nitriles is 1. The van der Waals surface area contributed by atoms with Crippen molar-refractivity contribution >= 4 is 11.3 Å². The van der Waals surface area contributed by atoms with Gasteiger partial charge in [-0.2, -0.15) is 5.26 Å². The molecule has 0 N–H and O–H groups in total. The standard InChI is InChI=1S/C28H18F8N2/c1-28(2)13-7-3-5-9-15(13)38(16-10-6-4-8-14(16)28)27-25(35)23(33)18(24(34)26(27)36)17-21(31)19(29)12(11-37)20(30)22(17)32/h3-10,13,15,23,25H,1-2H3. The van der Waals surface area contributed by atoms with Crippen molar-refractivity contribution in [1.29, 1.82) is 5.26 Å². The molecule has 0 radical (unpaired) electrons. The molecule has 38 heavy (non-hydrogen) atoms. The molecule has 196 valence electrons. The highest BCUT2D eigenvalue weighted by molar-refractivity contribution is 5.79. The van der Waals surface area contributed by atoms with Crippen LogP contribution in [0.5, 0.6) is 0 Å². The van der Waals surface area contributed by atoms with Crippen LogP contribution in [-0.4, -0.2) is 18.4 Å². The number of alkyl halides is 2. The van der Waals surface area contributed by atoms with Crippen molar-refractivity contribution in [1.82, 2.24) is 0 Å². The molecule has 0 saturated carbocycles. The first-order valence-corrected chi connectivity index (χ1v) is 11.5. The number of benzene rings is 2. The molecule has 10 heteroatoms. The zero-order valence-electron chi connectivity index (χ0n) is 19.8. The summed E-state index contributed by atoms with van der Waals surface area (Å²) < 4.78 is 120. The third kappa shape index (κ3) is 3.37. The SMILES string of the molecule is CC1(C)c2ccccc2N(C2=C(F)C(F)=C(c3c(F)c(F)c(C#N)c(F)c3F)C(F)C2F)C2C=CC=CC21. The minimum atomic E-state index is -3.25. The number of fused-ring (bicyclic) bond motifs is 2. The van der Waals surface area contributed by atoms with Crippen molar-refractivity contribution < 1.29 is 35.1 Å². The van der Waals surface area contributed by atoms with Crippen molar-refractivity contribution in [3.63, 3.8) is 0 Å². The van der Waals surface area contributed by atoms with Crippen LogP contribution in [0, 0.1) is 40.5 Å². The highest BCUT2D eigenvalue weighted by atomic mass is 19.2. The van der Waals surface area contributed by atoms with Crippen molar-refractivity contribution in [2.45, 2.75) is 37.6 Å². The maximum absolute atomic E-state index is 15.8. The molecule has 0 bridgehead atoms. The summed E-state index contributed by atoms with van der Waals surface area (Å²) >= 11 is 0. The first-order valence-electron chi connectivity index (χ1n) is 11.5. The van der Waals surface area contributed by atoms with Crippen LogP contribution >= 0.6 is 0 Å². The van der Waals surface area contributed by atoms with E-state index in [1.165, 1.54) is 6.07 Å². The first-order chi connectivity index (χ1) is 17.9. The van der Waals surface area contributed by atoms with E-state index >= 15 is 17.6 Å². The Morgan fingerprint density at radius 3 is 2.05 bits per heavy atom. The van der Waals surface area contributed by atoms with Crippen molar-refractivity contribution in [2.24, 2.45) is 5.92 Å². The van der Waals surface area contributed by atoms with Crippen LogP contribution in [0.25, 0.3) is 5.57 Å². The zero-order valence-corrected chi connectivity index (χ0v) is 19.8. The Morgan fingerprint density at radius 2 is 1.42 bits per heavy atom. The lowest BCUT2D eigenvalue weighted by Gasteiger charge is -2.52. The Morgan fingerprint density at radius 1 is 0.816 bits per heavy atom. The van der Waals surface area contributed by atoms with Gasteiger partial charge in [0.15, 0.2) is 47.3 Å². The van der Waals surface area contributed by atoms with Crippen LogP contribution in [0.4, 0.5) is 40.8 Å². The van der Waals surface area contributed by atoms with E-state index in [1.807, 2.05) is 13.8 Å². The van der Waals surface area contributed by atoms with Crippen LogP contribution in [0.15, 0.2) is 65.9 Å². The molecule has 4 unspecified atom stereocenters. The molecule has 0 spiro atoms. The highest BCUT2D eigenvalue weighted by Gasteiger charge is 2.51. The molecule has 2 aromatic carbocycles. The summed E-state index contributed by atoms with van der Waals surface area (Å²) in [5.41, 5.74) is -6.23. The van der Waals surface area contributed by atoms with E-state index < -0.39 is 87.0 Å². The molecular weight excluding hydrogens is 516 g/mol. The summed E-state index contributed by atoms with van der Waals surface area (Å²) in [4.78, 5) is 1.11. The lowest BCUT2D eigenvalue weighted by molar-refractivity contribution is 0.218. The third-order valence-electron chi connectivity index (χ3n) is 7.45. The molecule has 2 aromatic rings. The van der Waals surface area contributed by atoms with Crippen LogP contribution < -0.4 is 4.90 Å². The molecule has 0 saturated heterocycles. The summed E-state index contributed by atoms with van der Waals surface area (Å²) in [7, 11) is 0. The quantitative estimate of drug-likeness (QED) is 0.294. The maximum atomic E-state index is 15.8. The van der Waals surface area contributed by atoms with Gasteiger partial charge in [0.05, 0.1) is 17.3 Å². The molecule has 0 fully saturated rings. The van der Waals surface area contributed by atoms with E-state index in [1.54, 1.807) is 42.5 Å². The molecule has 0 aromatic heterocycles. The predicted octanol–water partition coefficient (Wildman–Crippen LogP) is 7.57. The third-order valence-corrected chi connectivity index (χ3v) is 7.45. The largest absolute Gasteiger partial charge is 0.332 e. The Labute approximate surface area is 212 Å². The van der Waals surface area contributed by atoms with Crippen molar-refractivity contribution in [2.75, 3.05) is 4.90 Å². The van der Waals surface area contributed by atoms with Crippen LogP contribution in [0.1, 0.15) is 30.5 Å². The van der Waals surface area contributed by atoms with Gasteiger partial charge in [0.25, 0.3) is 0 Å². The minimum Gasteiger partial charge on any atom is -0.332 e. The molecule has 1 heterocycles. The second-order valence-corrected chi connectivity index (χ2v) is 9.74. The molecule has 5 rings (SSSR count). The summed E-state index contributed by atoms with van der Waals surface area (Å²) in [6.45, 7) is 3.83. The second-order valence-electron chi connectivity index (χ2n) is 9.74. The maximum Gasteiger partial charge on any atom is 0.181 e. The Balaban J connectivity index is 1.78. The van der Waals surface area contributed by atoms with Gasteiger partial charge >= 0.3 is 0 Å². The van der Waals surface area contributed by atoms with E-state index in [-0.39, 0.29) is 5.69 Å². The molecule has 3 aliphatic rings. The fourth-order valence-electron chi connectivity index (χ4n) is 5.58. The van der Waals surface area contributed by atoms with E-state index in [0.717, 1.165) is 11.0 Å². The Kier molecular flexibility index (Phi) is 6.01. The molecule has 1 aliphatic heterocycles. The number of rotatable bonds is 2. The van der Waals surface area contributed by atoms with Gasteiger partial charge in [-0.3, -0.25) is 0 Å². The number of halogens is 8. The topological polar surface area (TPSA) is 27.0 Å². The predicted molar refractivity (Wildman–Crippen MR) is 124 cm³/mol. The normalized spacial score (nSPS) is 25.9. The second kappa shape index (κ2) is 8.86. The van der Waals surface area contributed by atoms with Crippen LogP contribution in [0.2, 0.25) is 0 Å². The number of nitrogens with zero attached hydrogens (tertiary/aromatic N) is 2. The minimum absolute atomic E-state index is 0.266. The van der Waals surface area contributed by atoms with Crippen LogP contribution in [-0.2, 0) is 5.41 Å². The van der Waals surface area contributed by atoms with Gasteiger partial charge in [-0.1, -0.05) is 56.4 Å². The summed E-state index contributed by atoms with van der Waals surface area (Å²) in [5, 5.41) is 8.76. The van der Waals surface area contributed by atoms with E-state index in [0.29, 0.717) is 5.56 Å². The van der Waals surface area contributed by atoms with Gasteiger partial charge in [0.1, 0.15) is 11.6 Å². The molecule has 2 aliphatic carbocycles. The average molecular weight is 534 g/mol. The van der Waals surface area contributed by atoms with Gasteiger partial charge in [0.2, 0.25) is 0 Å². The van der Waals surface area contributed by atoms with E-state index in [4.69, 9.17) is 5.26 Å². The molecule has 4 atom stereocenters. The van der Waals surface area contributed by atoms with Gasteiger partial charge in [-0.05, 0) is 11.6 Å². The van der Waals surface area contributed by atoms with Gasteiger partial charge in [-0.15, -0.1) is 0 Å². The fraction of sp³-hybridized carbons (Fsp3) is 0.250. The molecule has 0 amide bonds. The van der Waals surface area contributed by atoms with Gasteiger partial charge < -0.3 is 4.90 Å². The summed E-state index contributed by atoms with van der Waals surface area (Å²) in [5.74, 6) is -13.7. The summed E-state index contributed by atoms with van der Waals surface area (Å²) in [6, 6.07) is 6.64. The van der Waals surface area contributed by atoms with Crippen molar-refractivity contribution in [3.05, 3.63) is 106 Å². The van der Waals surface area contributed by atoms with Crippen LogP contribution in [0.3, 0.4) is 0 Å². The highest BCUT2D eigenvalue weighted by Crippen LogP contribution is 2.53. The van der Waals surface area contributed by atoms with E-state index in [9.17, 15) is 17.6 Å². The van der Waals surface area contributed by atoms with Gasteiger partial charge in [-0.25, -0.2) is 35.1 Å². The number of anilines is 1. The molecule has 2 nitrogen and oxygen atoms in total. The molecular formula is C28H18F8N2. The smallest absolute Gasteiger partial charge is 0.181 e. The lowest BCUT2D eigenvalue weighted by Crippen LogP contribution is -2.53. The van der Waals surface area contributed by atoms with Crippen molar-refractivity contribution in [3.8, 4) is 6.07 Å². The number of hydrogen-bond acceptors (Lipinski definition) is 2. The van der Waals surface area contributed by atoms with E-state index in [2.05, 4.69) is 0 Å². The Bertz CT molecular complexity index is 1500. The zero-order chi connectivity index (χ0) is 27.7. The fourth-order valence-corrected chi connectivity index (χ4v) is 5.58. The average Bonchev–Trinajstić information content (AvgIpc) is 2.90. The summed E-state index contributed by atoms with van der Waals surface area (Å²) in [6.07, 6.45) is 0.515. The lowest BCUT2D eigenvalue weighted by atomic mass is 9.65.